The number of aromatic nitrogens is 4. The third kappa shape index (κ3) is 3.61. The van der Waals surface area contributed by atoms with Gasteiger partial charge < -0.3 is 10.3 Å². The Bertz CT molecular complexity index is 1320. The average Bonchev–Trinajstić information content (AvgIpc) is 3.28. The molecular weight excluding hydrogens is 439 g/mol. The first-order chi connectivity index (χ1) is 16.0. The molecule has 7 nitrogen and oxygen atoms in total. The Labute approximate surface area is 194 Å². The lowest BCUT2D eigenvalue weighted by atomic mass is 10.1. The van der Waals surface area contributed by atoms with Crippen molar-refractivity contribution in [2.75, 3.05) is 13.1 Å². The lowest BCUT2D eigenvalue weighted by Gasteiger charge is -2.20. The minimum Gasteiger partial charge on any atom is -0.345 e. The average molecular weight is 463 g/mol. The summed E-state index contributed by atoms with van der Waals surface area (Å²) < 4.78 is 13.7. The number of imidazole rings is 1. The number of hydrogen-bond donors (Lipinski definition) is 2. The van der Waals surface area contributed by atoms with Crippen molar-refractivity contribution in [3.05, 3.63) is 76.0 Å². The number of piperidine rings is 1. The smallest absolute Gasteiger partial charge is 0.271 e. The number of carbonyl (C=O) groups is 1. The minimum absolute atomic E-state index is 0.0406. The van der Waals surface area contributed by atoms with Gasteiger partial charge in [0.05, 0.1) is 34.8 Å². The SMILES string of the molecule is CC12CN(Cc3nc4ccccc4[nH]3)CC1[C@@H]2c1nc(C(=O)NCc2ncccc2F)cs1. The van der Waals surface area contributed by atoms with Gasteiger partial charge in [-0.3, -0.25) is 14.7 Å². The molecule has 4 heterocycles. The predicted octanol–water partition coefficient (Wildman–Crippen LogP) is 3.72. The molecule has 1 amide bonds. The summed E-state index contributed by atoms with van der Waals surface area (Å²) in [4.78, 5) is 31.7. The van der Waals surface area contributed by atoms with Gasteiger partial charge in [0.25, 0.3) is 5.91 Å². The molecule has 1 aromatic carbocycles. The topological polar surface area (TPSA) is 86.8 Å². The molecule has 33 heavy (non-hydrogen) atoms. The van der Waals surface area contributed by atoms with Crippen LogP contribution in [0.5, 0.6) is 0 Å². The highest BCUT2D eigenvalue weighted by atomic mass is 32.1. The molecule has 1 aliphatic carbocycles. The summed E-state index contributed by atoms with van der Waals surface area (Å²) in [5, 5.41) is 5.53. The fourth-order valence-electron chi connectivity index (χ4n) is 5.22. The minimum atomic E-state index is -0.428. The van der Waals surface area contributed by atoms with Crippen LogP contribution < -0.4 is 5.32 Å². The predicted molar refractivity (Wildman–Crippen MR) is 123 cm³/mol. The van der Waals surface area contributed by atoms with Crippen molar-refractivity contribution in [2.24, 2.45) is 11.3 Å². The van der Waals surface area contributed by atoms with Crippen molar-refractivity contribution in [2.45, 2.75) is 25.9 Å². The molecule has 1 saturated heterocycles. The molecule has 0 spiro atoms. The Morgan fingerprint density at radius 2 is 2.18 bits per heavy atom. The number of H-pyrrole nitrogens is 1. The first kappa shape index (κ1) is 20.4. The molecule has 2 N–H and O–H groups in total. The van der Waals surface area contributed by atoms with Gasteiger partial charge in [0.1, 0.15) is 17.3 Å². The third-order valence-electron chi connectivity index (χ3n) is 6.95. The quantitative estimate of drug-likeness (QED) is 0.456. The van der Waals surface area contributed by atoms with Crippen LogP contribution in [0.4, 0.5) is 4.39 Å². The van der Waals surface area contributed by atoms with Gasteiger partial charge in [-0.15, -0.1) is 11.3 Å². The van der Waals surface area contributed by atoms with Crippen LogP contribution in [0.15, 0.2) is 48.0 Å². The van der Waals surface area contributed by atoms with Crippen LogP contribution in [0.1, 0.15) is 39.9 Å². The standard InChI is InChI=1S/C24H23FN6OS/c1-24-13-31(11-20-28-16-6-2-3-7-17(16)29-20)10-14(24)21(24)23-30-19(12-33-23)22(32)27-9-18-15(25)5-4-8-26-18/h2-8,12,14,21H,9-11,13H2,1H3,(H,27,32)(H,28,29)/t14?,21-,24?/m1/s1. The molecule has 2 aliphatic rings. The molecule has 168 valence electrons. The van der Waals surface area contributed by atoms with Gasteiger partial charge in [0.15, 0.2) is 0 Å². The number of pyridine rings is 1. The number of aromatic amines is 1. The van der Waals surface area contributed by atoms with Gasteiger partial charge in [0.2, 0.25) is 0 Å². The molecular formula is C24H23FN6OS. The highest BCUT2D eigenvalue weighted by molar-refractivity contribution is 7.10. The second-order valence-corrected chi connectivity index (χ2v) is 10.0. The number of amides is 1. The summed E-state index contributed by atoms with van der Waals surface area (Å²) in [6.07, 6.45) is 1.51. The van der Waals surface area contributed by atoms with E-state index in [1.165, 1.54) is 29.7 Å². The Kier molecular flexibility index (Phi) is 4.77. The van der Waals surface area contributed by atoms with Crippen molar-refractivity contribution in [1.82, 2.24) is 30.2 Å². The zero-order valence-corrected chi connectivity index (χ0v) is 18.9. The first-order valence-corrected chi connectivity index (χ1v) is 11.9. The van der Waals surface area contributed by atoms with Crippen LogP contribution in [-0.4, -0.2) is 43.8 Å². The van der Waals surface area contributed by atoms with E-state index in [1.54, 1.807) is 5.38 Å². The Morgan fingerprint density at radius 1 is 1.30 bits per heavy atom. The molecule has 1 aliphatic heterocycles. The van der Waals surface area contributed by atoms with Gasteiger partial charge in [-0.05, 0) is 35.6 Å². The summed E-state index contributed by atoms with van der Waals surface area (Å²) in [7, 11) is 0. The molecule has 3 atom stereocenters. The summed E-state index contributed by atoms with van der Waals surface area (Å²) in [5.41, 5.74) is 2.85. The fraction of sp³-hybridized carbons (Fsp3) is 0.333. The van der Waals surface area contributed by atoms with Crippen LogP contribution >= 0.6 is 11.3 Å². The maximum atomic E-state index is 13.7. The van der Waals surface area contributed by atoms with E-state index in [1.807, 2.05) is 24.3 Å². The third-order valence-corrected chi connectivity index (χ3v) is 7.88. The maximum absolute atomic E-state index is 13.7. The fourth-order valence-corrected chi connectivity index (χ4v) is 6.34. The number of thiazole rings is 1. The number of hydrogen-bond acceptors (Lipinski definition) is 6. The van der Waals surface area contributed by atoms with E-state index in [4.69, 9.17) is 4.98 Å². The summed E-state index contributed by atoms with van der Waals surface area (Å²) in [6, 6.07) is 11.0. The van der Waals surface area contributed by atoms with Gasteiger partial charge in [-0.25, -0.2) is 14.4 Å². The molecule has 0 radical (unpaired) electrons. The van der Waals surface area contributed by atoms with Gasteiger partial charge in [-0.2, -0.15) is 0 Å². The van der Waals surface area contributed by atoms with Crippen LogP contribution in [0.3, 0.4) is 0 Å². The van der Waals surface area contributed by atoms with Crippen LogP contribution in [0.2, 0.25) is 0 Å². The van der Waals surface area contributed by atoms with E-state index < -0.39 is 5.82 Å². The van der Waals surface area contributed by atoms with E-state index in [2.05, 4.69) is 32.1 Å². The number of para-hydroxylation sites is 2. The zero-order chi connectivity index (χ0) is 22.6. The van der Waals surface area contributed by atoms with Gasteiger partial charge >= 0.3 is 0 Å². The van der Waals surface area contributed by atoms with E-state index in [0.29, 0.717) is 17.5 Å². The summed E-state index contributed by atoms with van der Waals surface area (Å²) >= 11 is 1.54. The Morgan fingerprint density at radius 3 is 2.97 bits per heavy atom. The molecule has 1 saturated carbocycles. The number of fused-ring (bicyclic) bond motifs is 2. The maximum Gasteiger partial charge on any atom is 0.271 e. The second-order valence-electron chi connectivity index (χ2n) is 9.15. The van der Waals surface area contributed by atoms with Gasteiger partial charge in [0, 0.05) is 30.6 Å². The van der Waals surface area contributed by atoms with Gasteiger partial charge in [-0.1, -0.05) is 19.1 Å². The van der Waals surface area contributed by atoms with Crippen molar-refractivity contribution < 1.29 is 9.18 Å². The Hall–Kier alpha value is -3.17. The van der Waals surface area contributed by atoms with E-state index in [0.717, 1.165) is 41.5 Å². The molecule has 3 aromatic heterocycles. The first-order valence-electron chi connectivity index (χ1n) is 11.0. The van der Waals surface area contributed by atoms with Crippen LogP contribution in [0.25, 0.3) is 11.0 Å². The molecule has 6 rings (SSSR count). The largest absolute Gasteiger partial charge is 0.345 e. The number of nitrogens with zero attached hydrogens (tertiary/aromatic N) is 4. The van der Waals surface area contributed by atoms with Crippen LogP contribution in [-0.2, 0) is 13.1 Å². The number of halogens is 1. The highest BCUT2D eigenvalue weighted by Gasteiger charge is 2.67. The summed E-state index contributed by atoms with van der Waals surface area (Å²) in [5.74, 6) is 1.18. The lowest BCUT2D eigenvalue weighted by Crippen LogP contribution is -2.26. The van der Waals surface area contributed by atoms with E-state index >= 15 is 0 Å². The number of likely N-dealkylation sites (tertiary alicyclic amines) is 1. The van der Waals surface area contributed by atoms with Crippen molar-refractivity contribution in [3.8, 4) is 0 Å². The second kappa shape index (κ2) is 7.71. The van der Waals surface area contributed by atoms with Crippen molar-refractivity contribution >= 4 is 28.3 Å². The lowest BCUT2D eigenvalue weighted by molar-refractivity contribution is 0.0945. The van der Waals surface area contributed by atoms with Crippen molar-refractivity contribution in [1.29, 1.82) is 0 Å². The van der Waals surface area contributed by atoms with Crippen molar-refractivity contribution in [3.63, 3.8) is 0 Å². The summed E-state index contributed by atoms with van der Waals surface area (Å²) in [6.45, 7) is 5.14. The van der Waals surface area contributed by atoms with E-state index in [-0.39, 0.29) is 23.6 Å². The highest BCUT2D eigenvalue weighted by Crippen LogP contribution is 2.68. The molecule has 4 aromatic rings. The number of rotatable bonds is 6. The normalized spacial score (nSPS) is 24.2. The number of benzene rings is 1. The molecule has 9 heteroatoms. The van der Waals surface area contributed by atoms with Crippen LogP contribution in [0, 0.1) is 17.2 Å². The monoisotopic (exact) mass is 462 g/mol. The molecule has 0 bridgehead atoms. The zero-order valence-electron chi connectivity index (χ0n) is 18.1. The number of nitrogens with one attached hydrogen (secondary N) is 2. The van der Waals surface area contributed by atoms with E-state index in [9.17, 15) is 9.18 Å². The molecule has 2 unspecified atom stereocenters. The number of carbonyl (C=O) groups excluding carboxylic acids is 1. The Balaban J connectivity index is 1.07. The molecule has 2 fully saturated rings.